The van der Waals surface area contributed by atoms with Crippen LogP contribution in [0.3, 0.4) is 0 Å². The van der Waals surface area contributed by atoms with Crippen molar-refractivity contribution in [2.24, 2.45) is 0 Å². The van der Waals surface area contributed by atoms with Gasteiger partial charge in [-0.05, 0) is 225 Å². The summed E-state index contributed by atoms with van der Waals surface area (Å²) < 4.78 is 64.9. The number of hydrogen-bond donors (Lipinski definition) is 9. The highest BCUT2D eigenvalue weighted by molar-refractivity contribution is 9.10. The molecule has 0 saturated heterocycles. The second kappa shape index (κ2) is 44.6. The van der Waals surface area contributed by atoms with E-state index in [9.17, 15) is 61.2 Å². The third-order valence-electron chi connectivity index (χ3n) is 18.3. The van der Waals surface area contributed by atoms with Crippen LogP contribution in [0, 0.1) is 97.6 Å². The van der Waals surface area contributed by atoms with Crippen LogP contribution in [0.2, 0.25) is 0 Å². The Hall–Kier alpha value is -16.3. The molecule has 0 atom stereocenters. The van der Waals surface area contributed by atoms with Crippen molar-refractivity contribution in [1.82, 2.24) is 85.4 Å². The van der Waals surface area contributed by atoms with Gasteiger partial charge in [-0.15, -0.1) is 10.2 Å². The molecule has 34 heteroatoms. The largest absolute Gasteiger partial charge is 0.506 e. The Morgan fingerprint density at radius 1 is 0.352 bits per heavy atom. The molecule has 27 nitrogen and oxygen atoms in total. The van der Waals surface area contributed by atoms with Crippen LogP contribution in [0.1, 0.15) is 44.9 Å². The summed E-state index contributed by atoms with van der Waals surface area (Å²) in [5, 5.41) is 42.2. The first kappa shape index (κ1) is 93.9. The van der Waals surface area contributed by atoms with Gasteiger partial charge in [0.1, 0.15) is 74.2 Å². The van der Waals surface area contributed by atoms with E-state index in [2.05, 4.69) is 127 Å². The highest BCUT2D eigenvalue weighted by Crippen LogP contribution is 2.34. The summed E-state index contributed by atoms with van der Waals surface area (Å²) in [6, 6.07) is 56.0. The fourth-order valence-electron chi connectivity index (χ4n) is 11.0. The molecule has 0 spiro atoms. The van der Waals surface area contributed by atoms with Crippen LogP contribution in [-0.4, -0.2) is 101 Å². The lowest BCUT2D eigenvalue weighted by atomic mass is 10.1. The first-order valence-electron chi connectivity index (χ1n) is 38.1. The molecule has 642 valence electrons. The van der Waals surface area contributed by atoms with Crippen molar-refractivity contribution in [3.63, 3.8) is 0 Å². The minimum Gasteiger partial charge on any atom is -0.506 e. The fourth-order valence-corrected chi connectivity index (χ4v) is 12.1. The van der Waals surface area contributed by atoms with Gasteiger partial charge in [0.05, 0.1) is 47.9 Å². The number of benzene rings is 8. The first-order valence-corrected chi connectivity index (χ1v) is 39.7. The molecule has 0 amide bonds. The molecule has 9 aromatic heterocycles. The van der Waals surface area contributed by atoms with Gasteiger partial charge in [0.25, 0.3) is 27.8 Å². The average Bonchev–Trinajstić information content (AvgIpc) is 1.75. The van der Waals surface area contributed by atoms with Gasteiger partial charge in [0, 0.05) is 113 Å². The third-order valence-corrected chi connectivity index (χ3v) is 19.5. The molecule has 0 radical (unpaired) electrons. The number of nitrogens with one attached hydrogen (secondary N) is 6. The summed E-state index contributed by atoms with van der Waals surface area (Å²) in [7, 11) is 0. The van der Waals surface area contributed by atoms with Crippen LogP contribution in [0.4, 0.5) is 33.3 Å². The number of rotatable bonds is 9. The van der Waals surface area contributed by atoms with Gasteiger partial charge in [0.15, 0.2) is 11.4 Å². The smallest absolute Gasteiger partial charge is 0.254 e. The van der Waals surface area contributed by atoms with Crippen molar-refractivity contribution in [3.05, 3.63) is 407 Å². The van der Waals surface area contributed by atoms with Crippen molar-refractivity contribution < 1.29 is 37.3 Å². The van der Waals surface area contributed by atoms with Gasteiger partial charge in [0.2, 0.25) is 5.82 Å². The average molecular weight is 1850 g/mol. The number of H-pyrrole nitrogens is 6. The van der Waals surface area contributed by atoms with E-state index >= 15 is 0 Å². The number of aromatic nitrogens is 17. The number of aromatic hydroxyl groups is 3. The van der Waals surface area contributed by atoms with E-state index in [4.69, 9.17) is 13.1 Å². The number of nitrogens with zero attached hydrogens (tertiary/aromatic N) is 13. The van der Waals surface area contributed by atoms with Crippen LogP contribution in [-0.2, 0) is 0 Å². The SMILES string of the molecule is Cc1c(-c2ccc(F)cc2)nc[nH]c1=O.Cc1cnc(-c2ccc(-c3nn[nH]n3)cc2)[nH]c1=O.Cc1cnc(-c2ccc(F)cc2)[nH]c1=O.Cc1nc(-c2ccc(F)cc2)c(Br)cc1O.Cc1nc(Br)c(-c2ccc(F)cc2)cc1O.Cc1ncc(-c2ccc(F)cc2)cc1O.[C-]#[N+]c1ccc(-c2ncc(C)c(=O)[nH]2)cc1.[C-]#[N+]c1cccc(-c2ncc(C)c(=O)[nH]2)c1. The zero-order valence-electron chi connectivity index (χ0n) is 69.0. The van der Waals surface area contributed by atoms with Gasteiger partial charge in [-0.25, -0.2) is 66.5 Å². The molecule has 8 aromatic carbocycles. The second-order valence-corrected chi connectivity index (χ2v) is 29.1. The first-order chi connectivity index (χ1) is 61.3. The maximum atomic E-state index is 12.8. The summed E-state index contributed by atoms with van der Waals surface area (Å²) in [5.74, 6) is 1.47. The number of pyridine rings is 3. The molecule has 0 aliphatic carbocycles. The number of hydrogen-bond acceptors (Lipinski definition) is 19. The molecule has 128 heavy (non-hydrogen) atoms. The topological polar surface area (TPSA) is 391 Å². The molecule has 17 aromatic rings. The summed E-state index contributed by atoms with van der Waals surface area (Å²) in [4.78, 5) is 110. The lowest BCUT2D eigenvalue weighted by Gasteiger charge is -2.06. The van der Waals surface area contributed by atoms with Gasteiger partial charge >= 0.3 is 0 Å². The number of halogens is 7. The molecule has 0 bridgehead atoms. The predicted octanol–water partition coefficient (Wildman–Crippen LogP) is 19.5. The van der Waals surface area contributed by atoms with Crippen LogP contribution >= 0.6 is 31.9 Å². The minimum atomic E-state index is -0.312. The number of aromatic amines is 6. The Morgan fingerprint density at radius 2 is 0.734 bits per heavy atom. The van der Waals surface area contributed by atoms with E-state index in [1.807, 2.05) is 30.3 Å². The van der Waals surface area contributed by atoms with E-state index in [1.165, 1.54) is 85.6 Å². The molecule has 0 unspecified atom stereocenters. The summed E-state index contributed by atoms with van der Waals surface area (Å²) in [5.41, 5.74) is 14.7. The van der Waals surface area contributed by atoms with Crippen molar-refractivity contribution >= 4 is 43.2 Å². The maximum absolute atomic E-state index is 12.8. The highest BCUT2D eigenvalue weighted by atomic mass is 79.9. The van der Waals surface area contributed by atoms with Crippen molar-refractivity contribution in [2.45, 2.75) is 55.4 Å². The molecular weight excluding hydrogens is 1780 g/mol. The molecule has 0 aliphatic heterocycles. The Balaban J connectivity index is 0.000000153. The van der Waals surface area contributed by atoms with Crippen LogP contribution in [0.25, 0.3) is 111 Å². The van der Waals surface area contributed by atoms with E-state index in [-0.39, 0.29) is 74.1 Å². The Kier molecular flexibility index (Phi) is 32.8. The molecule has 0 fully saturated rings. The summed E-state index contributed by atoms with van der Waals surface area (Å²) in [6.45, 7) is 27.4. The molecule has 9 N–H and O–H groups in total. The van der Waals surface area contributed by atoms with E-state index in [0.29, 0.717) is 111 Å². The zero-order chi connectivity index (χ0) is 92.3. The standard InChI is InChI=1S/2C12H9BrFNO.C12H10FNO.C12H10N6O.2C12H9N3O.2C11H9FN2O/c1-7-11(16)6-10(13)12(15-7)8-2-4-9(14)5-3-8;1-7-11(16)6-10(12(13)15-7)8-2-4-9(14)5-3-8;1-8-12(15)6-10(7-14-8)9-2-4-11(13)5-3-9;1-7-6-13-10(14-12(7)19)8-2-4-9(5-3-8)11-15-17-18-16-11;1-8-7-14-11(15-12(8)16)9-3-5-10(13-2)6-4-9;1-8-7-14-11(15-12(8)16)9-4-3-5-10(6-9)13-2;1-7-10(13-6-14-11(7)15)8-2-4-9(12)5-3-8;1-7-6-13-10(14-11(7)15)8-2-4-9(12)5-3-8/h2*2-6,16H,1H3;2-7,15H,1H3;2-6H,1H3,(H,13,14,19)(H,15,16,17,18);2*3-7H,1H3,(H,14,15,16);2*2-6H,1H3,(H,13,14,15). The van der Waals surface area contributed by atoms with Crippen molar-refractivity contribution in [3.8, 4) is 119 Å². The molecule has 0 saturated carbocycles. The number of aryl methyl sites for hydroxylation is 7. The van der Waals surface area contributed by atoms with Gasteiger partial charge < -0.3 is 40.2 Å². The van der Waals surface area contributed by atoms with E-state index in [0.717, 1.165) is 55.6 Å². The third kappa shape index (κ3) is 26.4. The summed E-state index contributed by atoms with van der Waals surface area (Å²) in [6.07, 6.45) is 9.12. The Bertz CT molecular complexity index is 7030. The van der Waals surface area contributed by atoms with E-state index in [1.54, 1.807) is 189 Å². The monoisotopic (exact) mass is 1850 g/mol. The Morgan fingerprint density at radius 3 is 1.16 bits per heavy atom. The van der Waals surface area contributed by atoms with Crippen LogP contribution in [0.5, 0.6) is 17.2 Å². The maximum Gasteiger partial charge on any atom is 0.254 e. The van der Waals surface area contributed by atoms with Crippen molar-refractivity contribution in [1.29, 1.82) is 0 Å². The van der Waals surface area contributed by atoms with Gasteiger partial charge in [-0.2, -0.15) is 5.21 Å². The van der Waals surface area contributed by atoms with E-state index < -0.39 is 0 Å². The highest BCUT2D eigenvalue weighted by Gasteiger charge is 2.14. The van der Waals surface area contributed by atoms with Crippen LogP contribution in [0.15, 0.2) is 283 Å². The van der Waals surface area contributed by atoms with Gasteiger partial charge in [-0.3, -0.25) is 29.0 Å². The van der Waals surface area contributed by atoms with Crippen molar-refractivity contribution in [2.75, 3.05) is 0 Å². The minimum absolute atomic E-state index is 0.127. The fraction of sp³-hybridized carbons (Fsp3) is 0.0851. The molecular formula is C94H74Br2F5N19O8. The molecule has 0 aliphatic rings. The Labute approximate surface area is 743 Å². The lowest BCUT2D eigenvalue weighted by molar-refractivity contribution is 0.467. The molecule has 9 heterocycles. The summed E-state index contributed by atoms with van der Waals surface area (Å²) >= 11 is 6.64. The quantitative estimate of drug-likeness (QED) is 0.0368. The number of tetrazole rings is 1. The van der Waals surface area contributed by atoms with Gasteiger partial charge in [-0.1, -0.05) is 91.0 Å². The molecule has 17 rings (SSSR count). The van der Waals surface area contributed by atoms with Crippen LogP contribution < -0.4 is 27.8 Å². The predicted molar refractivity (Wildman–Crippen MR) is 484 cm³/mol. The lowest BCUT2D eigenvalue weighted by Crippen LogP contribution is -2.11. The normalized spacial score (nSPS) is 10.2. The second-order valence-electron chi connectivity index (χ2n) is 27.5. The zero-order valence-corrected chi connectivity index (χ0v) is 72.2.